The monoisotopic (exact) mass is 288 g/mol. The molecule has 20 heavy (non-hydrogen) atoms. The first-order valence-electron chi connectivity index (χ1n) is 8.58. The molecule has 0 aromatic carbocycles. The fourth-order valence-corrected chi connectivity index (χ4v) is 1.99. The van der Waals surface area contributed by atoms with Crippen LogP contribution in [0.4, 0.5) is 0 Å². The van der Waals surface area contributed by atoms with Gasteiger partial charge in [-0.3, -0.25) is 0 Å². The summed E-state index contributed by atoms with van der Waals surface area (Å²) in [6.45, 7) is 13.6. The average Bonchev–Trinajstić information content (AvgIpc) is 2.48. The molecule has 0 radical (unpaired) electrons. The molecule has 0 heterocycles. The molecule has 0 spiro atoms. The zero-order valence-corrected chi connectivity index (χ0v) is 15.0. The Labute approximate surface area is 128 Å². The van der Waals surface area contributed by atoms with Gasteiger partial charge in [-0.25, -0.2) is 0 Å². The maximum Gasteiger partial charge on any atom is 0.0509 e. The third-order valence-corrected chi connectivity index (χ3v) is 4.65. The second-order valence-corrected chi connectivity index (χ2v) is 6.89. The van der Waals surface area contributed by atoms with Crippen LogP contribution in [0, 0.1) is 10.8 Å². The molecule has 0 saturated carbocycles. The van der Waals surface area contributed by atoms with E-state index in [0.717, 1.165) is 25.7 Å². The molecule has 2 nitrogen and oxygen atoms in total. The highest BCUT2D eigenvalue weighted by molar-refractivity contribution is 4.75. The molecule has 2 heteroatoms. The summed E-state index contributed by atoms with van der Waals surface area (Å²) in [4.78, 5) is 0. The van der Waals surface area contributed by atoms with Crippen LogP contribution in [0.15, 0.2) is 0 Å². The van der Waals surface area contributed by atoms with Crippen LogP contribution in [0.2, 0.25) is 0 Å². The summed E-state index contributed by atoms with van der Waals surface area (Å²) >= 11 is 0. The minimum Gasteiger partial charge on any atom is -0.396 e. The van der Waals surface area contributed by atoms with Gasteiger partial charge in [0.2, 0.25) is 0 Å². The van der Waals surface area contributed by atoms with Gasteiger partial charge >= 0.3 is 0 Å². The summed E-state index contributed by atoms with van der Waals surface area (Å²) in [5.74, 6) is 0. The van der Waals surface area contributed by atoms with E-state index in [2.05, 4.69) is 34.6 Å². The summed E-state index contributed by atoms with van der Waals surface area (Å²) in [7, 11) is 0. The van der Waals surface area contributed by atoms with Crippen LogP contribution in [0.1, 0.15) is 92.9 Å². The maximum atomic E-state index is 9.04. The summed E-state index contributed by atoms with van der Waals surface area (Å²) in [6, 6.07) is 0. The van der Waals surface area contributed by atoms with Crippen molar-refractivity contribution in [3.63, 3.8) is 0 Å². The van der Waals surface area contributed by atoms with Crippen molar-refractivity contribution < 1.29 is 10.2 Å². The standard InChI is InChI=1S/C9H20O2.C9H20/c1-3-5-6-9(4-2,7-10)8-11;1-5-7-8-9(3,4)6-2/h10-11H,3-8H2,1-2H3;5-8H2,1-4H3. The van der Waals surface area contributed by atoms with Crippen molar-refractivity contribution in [1.82, 2.24) is 0 Å². The van der Waals surface area contributed by atoms with Crippen molar-refractivity contribution in [2.75, 3.05) is 13.2 Å². The van der Waals surface area contributed by atoms with Gasteiger partial charge < -0.3 is 10.2 Å². The Morgan fingerprint density at radius 2 is 1.15 bits per heavy atom. The van der Waals surface area contributed by atoms with Gasteiger partial charge in [0.05, 0.1) is 13.2 Å². The molecule has 0 saturated heterocycles. The number of hydrogen-bond acceptors (Lipinski definition) is 2. The van der Waals surface area contributed by atoms with Crippen LogP contribution >= 0.6 is 0 Å². The lowest BCUT2D eigenvalue weighted by molar-refractivity contribution is 0.0420. The molecule has 2 N–H and O–H groups in total. The zero-order valence-electron chi connectivity index (χ0n) is 15.0. The minimum atomic E-state index is -0.212. The molecule has 0 fully saturated rings. The van der Waals surface area contributed by atoms with E-state index in [-0.39, 0.29) is 18.6 Å². The second-order valence-electron chi connectivity index (χ2n) is 6.89. The predicted molar refractivity (Wildman–Crippen MR) is 90.0 cm³/mol. The van der Waals surface area contributed by atoms with Crippen molar-refractivity contribution in [3.05, 3.63) is 0 Å². The molecular formula is C18H40O2. The van der Waals surface area contributed by atoms with E-state index in [1.54, 1.807) is 0 Å². The van der Waals surface area contributed by atoms with Crippen molar-refractivity contribution in [2.24, 2.45) is 10.8 Å². The van der Waals surface area contributed by atoms with Crippen LogP contribution in [0.5, 0.6) is 0 Å². The second kappa shape index (κ2) is 12.6. The Morgan fingerprint density at radius 3 is 1.45 bits per heavy atom. The van der Waals surface area contributed by atoms with E-state index >= 15 is 0 Å². The number of hydrogen-bond donors (Lipinski definition) is 2. The van der Waals surface area contributed by atoms with Crippen LogP contribution in [-0.2, 0) is 0 Å². The number of aliphatic hydroxyl groups excluding tert-OH is 2. The summed E-state index contributed by atoms with van der Waals surface area (Å²) in [5.41, 5.74) is 0.381. The molecule has 0 bridgehead atoms. The van der Waals surface area contributed by atoms with Gasteiger partial charge in [-0.2, -0.15) is 0 Å². The topological polar surface area (TPSA) is 40.5 Å². The van der Waals surface area contributed by atoms with E-state index in [4.69, 9.17) is 10.2 Å². The Hall–Kier alpha value is -0.0800. The lowest BCUT2D eigenvalue weighted by Gasteiger charge is -2.27. The smallest absolute Gasteiger partial charge is 0.0509 e. The van der Waals surface area contributed by atoms with Gasteiger partial charge in [0, 0.05) is 5.41 Å². The lowest BCUT2D eigenvalue weighted by Crippen LogP contribution is -2.28. The number of rotatable bonds is 10. The van der Waals surface area contributed by atoms with Gasteiger partial charge in [-0.15, -0.1) is 0 Å². The van der Waals surface area contributed by atoms with Gasteiger partial charge in [0.1, 0.15) is 0 Å². The van der Waals surface area contributed by atoms with Crippen molar-refractivity contribution >= 4 is 0 Å². The number of aliphatic hydroxyl groups is 2. The molecule has 0 aliphatic heterocycles. The summed E-state index contributed by atoms with van der Waals surface area (Å²) in [6.07, 6.45) is 9.45. The normalized spacial score (nSPS) is 12.0. The first-order chi connectivity index (χ1) is 9.36. The third-order valence-electron chi connectivity index (χ3n) is 4.65. The Bertz CT molecular complexity index is 187. The van der Waals surface area contributed by atoms with Gasteiger partial charge in [0.25, 0.3) is 0 Å². The largest absolute Gasteiger partial charge is 0.396 e. The fraction of sp³-hybridized carbons (Fsp3) is 1.00. The van der Waals surface area contributed by atoms with E-state index in [9.17, 15) is 0 Å². The molecule has 0 aromatic heterocycles. The van der Waals surface area contributed by atoms with Crippen molar-refractivity contribution in [3.8, 4) is 0 Å². The molecule has 0 amide bonds. The van der Waals surface area contributed by atoms with Crippen LogP contribution < -0.4 is 0 Å². The summed E-state index contributed by atoms with van der Waals surface area (Å²) < 4.78 is 0. The lowest BCUT2D eigenvalue weighted by atomic mass is 9.82. The number of unbranched alkanes of at least 4 members (excludes halogenated alkanes) is 2. The highest BCUT2D eigenvalue weighted by atomic mass is 16.3. The Balaban J connectivity index is 0. The fourth-order valence-electron chi connectivity index (χ4n) is 1.99. The summed E-state index contributed by atoms with van der Waals surface area (Å²) in [5, 5.41) is 18.1. The molecule has 0 aliphatic rings. The third kappa shape index (κ3) is 10.7. The highest BCUT2D eigenvalue weighted by Crippen LogP contribution is 2.27. The molecule has 0 rings (SSSR count). The molecule has 124 valence electrons. The SMILES string of the molecule is CCCCC(C)(C)CC.CCCCC(CC)(CO)CO. The van der Waals surface area contributed by atoms with Crippen LogP contribution in [0.3, 0.4) is 0 Å². The predicted octanol–water partition coefficient (Wildman–Crippen LogP) is 5.17. The van der Waals surface area contributed by atoms with Crippen molar-refractivity contribution in [1.29, 1.82) is 0 Å². The minimum absolute atomic E-state index is 0.111. The van der Waals surface area contributed by atoms with Crippen molar-refractivity contribution in [2.45, 2.75) is 92.9 Å². The maximum absolute atomic E-state index is 9.04. The van der Waals surface area contributed by atoms with Crippen LogP contribution in [-0.4, -0.2) is 23.4 Å². The Morgan fingerprint density at radius 1 is 0.700 bits per heavy atom. The quantitative estimate of drug-likeness (QED) is 0.582. The van der Waals surface area contributed by atoms with Gasteiger partial charge in [-0.1, -0.05) is 73.6 Å². The molecular weight excluding hydrogens is 248 g/mol. The van der Waals surface area contributed by atoms with E-state index in [1.807, 2.05) is 6.92 Å². The molecule has 0 aliphatic carbocycles. The molecule has 0 unspecified atom stereocenters. The highest BCUT2D eigenvalue weighted by Gasteiger charge is 2.25. The van der Waals surface area contributed by atoms with E-state index < -0.39 is 0 Å². The first kappa shape index (κ1) is 22.2. The Kier molecular flexibility index (Phi) is 14.0. The zero-order chi connectivity index (χ0) is 16.1. The molecule has 0 atom stereocenters. The first-order valence-corrected chi connectivity index (χ1v) is 8.58. The van der Waals surface area contributed by atoms with Crippen LogP contribution in [0.25, 0.3) is 0 Å². The van der Waals surface area contributed by atoms with Gasteiger partial charge in [0.15, 0.2) is 0 Å². The average molecular weight is 289 g/mol. The van der Waals surface area contributed by atoms with E-state index in [1.165, 1.54) is 25.7 Å². The van der Waals surface area contributed by atoms with Gasteiger partial charge in [-0.05, 0) is 24.7 Å². The molecule has 0 aromatic rings. The van der Waals surface area contributed by atoms with E-state index in [0.29, 0.717) is 5.41 Å².